The maximum absolute atomic E-state index is 5.76. The van der Waals surface area contributed by atoms with E-state index in [1.165, 1.54) is 32.7 Å². The number of aromatic nitrogens is 2. The van der Waals surface area contributed by atoms with Crippen molar-refractivity contribution in [3.63, 3.8) is 0 Å². The summed E-state index contributed by atoms with van der Waals surface area (Å²) >= 11 is 1.88. The van der Waals surface area contributed by atoms with Crippen LogP contribution in [0.2, 0.25) is 0 Å². The molecule has 1 aromatic carbocycles. The van der Waals surface area contributed by atoms with Crippen LogP contribution in [0.15, 0.2) is 18.2 Å². The Morgan fingerprint density at radius 1 is 1.09 bits per heavy atom. The van der Waals surface area contributed by atoms with Gasteiger partial charge < -0.3 is 24.4 Å². The topological polar surface area (TPSA) is 69.9 Å². The Morgan fingerprint density at radius 2 is 1.94 bits per heavy atom. The van der Waals surface area contributed by atoms with Crippen LogP contribution >= 0.6 is 11.3 Å². The molecule has 0 radical (unpaired) electrons. The fourth-order valence-electron chi connectivity index (χ4n) is 5.22. The van der Waals surface area contributed by atoms with E-state index in [0.717, 1.165) is 92.5 Å². The highest BCUT2D eigenvalue weighted by Crippen LogP contribution is 2.40. The molecule has 8 heteroatoms. The minimum absolute atomic E-state index is 0.614. The molecule has 180 valence electrons. The summed E-state index contributed by atoms with van der Waals surface area (Å²) in [6.07, 6.45) is 4.44. The Bertz CT molecular complexity index is 1170. The minimum atomic E-state index is 0.614. The minimum Gasteiger partial charge on any atom is -0.486 e. The van der Waals surface area contributed by atoms with E-state index >= 15 is 0 Å². The Morgan fingerprint density at radius 3 is 2.82 bits per heavy atom. The molecule has 2 N–H and O–H groups in total. The SMILES string of the molecule is C[C@@H]1CCc2c(sc3nc(C[NH+]4CCOCC4)nc(NCCc4ccc5c(c4)OCCO5)c23)C1. The summed E-state index contributed by atoms with van der Waals surface area (Å²) in [5, 5.41) is 4.95. The van der Waals surface area contributed by atoms with Crippen LogP contribution in [0.1, 0.15) is 35.2 Å². The standard InChI is InChI=1S/C26H32N4O3S/c1-17-2-4-19-22(14-17)34-26-24(19)25(28-23(29-26)16-30-8-10-31-11-9-30)27-7-6-18-3-5-20-21(15-18)33-13-12-32-20/h3,5,15,17H,2,4,6-14,16H2,1H3,(H,27,28,29)/p+1/t17-/m1/s1. The molecule has 0 unspecified atom stereocenters. The maximum Gasteiger partial charge on any atom is 0.187 e. The van der Waals surface area contributed by atoms with Crippen LogP contribution < -0.4 is 19.7 Å². The molecule has 0 bridgehead atoms. The van der Waals surface area contributed by atoms with E-state index in [-0.39, 0.29) is 0 Å². The van der Waals surface area contributed by atoms with Crippen molar-refractivity contribution in [2.24, 2.45) is 5.92 Å². The van der Waals surface area contributed by atoms with Gasteiger partial charge in [0.25, 0.3) is 0 Å². The zero-order chi connectivity index (χ0) is 22.9. The van der Waals surface area contributed by atoms with Crippen molar-refractivity contribution in [3.8, 4) is 11.5 Å². The number of hydrogen-bond acceptors (Lipinski definition) is 7. The molecule has 0 amide bonds. The van der Waals surface area contributed by atoms with Crippen LogP contribution in [0.5, 0.6) is 11.5 Å². The average molecular weight is 482 g/mol. The lowest BCUT2D eigenvalue weighted by Crippen LogP contribution is -3.12. The zero-order valence-electron chi connectivity index (χ0n) is 19.8. The first kappa shape index (κ1) is 22.1. The quantitative estimate of drug-likeness (QED) is 0.564. The molecule has 0 saturated carbocycles. The number of aryl methyl sites for hydroxylation is 1. The number of nitrogens with zero attached hydrogens (tertiary/aromatic N) is 2. The highest BCUT2D eigenvalue weighted by atomic mass is 32.1. The highest BCUT2D eigenvalue weighted by Gasteiger charge is 2.25. The van der Waals surface area contributed by atoms with E-state index in [2.05, 4.69) is 24.4 Å². The molecule has 1 saturated heterocycles. The molecule has 7 nitrogen and oxygen atoms in total. The van der Waals surface area contributed by atoms with Crippen LogP contribution in [0.3, 0.4) is 0 Å². The molecule has 2 aromatic heterocycles. The van der Waals surface area contributed by atoms with Crippen molar-refractivity contribution in [2.75, 3.05) is 51.4 Å². The molecule has 0 spiro atoms. The first-order valence-corrected chi connectivity index (χ1v) is 13.4. The van der Waals surface area contributed by atoms with Gasteiger partial charge in [-0.2, -0.15) is 0 Å². The second kappa shape index (κ2) is 9.68. The maximum atomic E-state index is 5.76. The molecule has 34 heavy (non-hydrogen) atoms. The van der Waals surface area contributed by atoms with E-state index in [4.69, 9.17) is 24.2 Å². The van der Waals surface area contributed by atoms with Crippen LogP contribution in [0.25, 0.3) is 10.2 Å². The number of hydrogen-bond donors (Lipinski definition) is 2. The van der Waals surface area contributed by atoms with E-state index in [1.54, 1.807) is 0 Å². The Kier molecular flexibility index (Phi) is 6.28. The van der Waals surface area contributed by atoms with Gasteiger partial charge in [-0.05, 0) is 54.9 Å². The summed E-state index contributed by atoms with van der Waals surface area (Å²) in [5.74, 6) is 4.40. The smallest absolute Gasteiger partial charge is 0.187 e. The fraction of sp³-hybridized carbons (Fsp3) is 0.538. The number of nitrogens with one attached hydrogen (secondary N) is 2. The first-order chi connectivity index (χ1) is 16.7. The molecule has 3 aromatic rings. The van der Waals surface area contributed by atoms with Gasteiger partial charge in [-0.15, -0.1) is 11.3 Å². The van der Waals surface area contributed by atoms with E-state index < -0.39 is 0 Å². The number of benzene rings is 1. The van der Waals surface area contributed by atoms with Crippen LogP contribution in [-0.4, -0.2) is 56.0 Å². The summed E-state index contributed by atoms with van der Waals surface area (Å²) in [6, 6.07) is 6.25. The van der Waals surface area contributed by atoms with Crippen molar-refractivity contribution in [2.45, 2.75) is 39.2 Å². The number of rotatable bonds is 6. The van der Waals surface area contributed by atoms with Gasteiger partial charge in [0.15, 0.2) is 17.3 Å². The largest absolute Gasteiger partial charge is 0.486 e. The summed E-state index contributed by atoms with van der Waals surface area (Å²) in [6.45, 7) is 8.95. The van der Waals surface area contributed by atoms with Gasteiger partial charge in [-0.25, -0.2) is 9.97 Å². The van der Waals surface area contributed by atoms with E-state index in [9.17, 15) is 0 Å². The number of anilines is 1. The molecule has 3 aliphatic rings. The summed E-state index contributed by atoms with van der Waals surface area (Å²) < 4.78 is 17.0. The molecule has 1 fully saturated rings. The third-order valence-corrected chi connectivity index (χ3v) is 8.27. The molecule has 1 aliphatic carbocycles. The number of fused-ring (bicyclic) bond motifs is 4. The lowest BCUT2D eigenvalue weighted by Gasteiger charge is -2.23. The second-order valence-corrected chi connectivity index (χ2v) is 10.8. The number of quaternary nitrogens is 1. The van der Waals surface area contributed by atoms with Crippen molar-refractivity contribution >= 4 is 27.4 Å². The third kappa shape index (κ3) is 4.59. The van der Waals surface area contributed by atoms with Crippen molar-refractivity contribution in [1.82, 2.24) is 9.97 Å². The van der Waals surface area contributed by atoms with Gasteiger partial charge in [-0.3, -0.25) is 0 Å². The van der Waals surface area contributed by atoms with Crippen molar-refractivity contribution in [3.05, 3.63) is 40.0 Å². The normalized spacial score (nSPS) is 20.3. The fourth-order valence-corrected chi connectivity index (χ4v) is 6.62. The predicted octanol–water partition coefficient (Wildman–Crippen LogP) is 2.66. The second-order valence-electron chi connectivity index (χ2n) is 9.71. The van der Waals surface area contributed by atoms with Gasteiger partial charge >= 0.3 is 0 Å². The van der Waals surface area contributed by atoms with Crippen LogP contribution in [0, 0.1) is 5.92 Å². The van der Waals surface area contributed by atoms with Crippen molar-refractivity contribution < 1.29 is 19.1 Å². The first-order valence-electron chi connectivity index (χ1n) is 12.6. The molecular formula is C26H33N4O3S+. The van der Waals surface area contributed by atoms with Crippen LogP contribution in [-0.2, 0) is 30.5 Å². The monoisotopic (exact) mass is 481 g/mol. The van der Waals surface area contributed by atoms with Gasteiger partial charge in [-0.1, -0.05) is 13.0 Å². The van der Waals surface area contributed by atoms with Gasteiger partial charge in [0.05, 0.1) is 18.6 Å². The Balaban J connectivity index is 1.25. The molecule has 1 atom stereocenters. The van der Waals surface area contributed by atoms with E-state index in [0.29, 0.717) is 13.2 Å². The predicted molar refractivity (Wildman–Crippen MR) is 133 cm³/mol. The van der Waals surface area contributed by atoms with Gasteiger partial charge in [0.1, 0.15) is 43.5 Å². The van der Waals surface area contributed by atoms with Gasteiger partial charge in [0, 0.05) is 11.4 Å². The number of thiophene rings is 1. The highest BCUT2D eigenvalue weighted by molar-refractivity contribution is 7.19. The molecule has 4 heterocycles. The van der Waals surface area contributed by atoms with E-state index in [1.807, 2.05) is 17.4 Å². The molecule has 6 rings (SSSR count). The van der Waals surface area contributed by atoms with Crippen molar-refractivity contribution in [1.29, 1.82) is 0 Å². The molecule has 2 aliphatic heterocycles. The zero-order valence-corrected chi connectivity index (χ0v) is 20.6. The average Bonchev–Trinajstić information content (AvgIpc) is 3.22. The summed E-state index contributed by atoms with van der Waals surface area (Å²) in [4.78, 5) is 14.3. The number of ether oxygens (including phenoxy) is 3. The van der Waals surface area contributed by atoms with Gasteiger partial charge in [0.2, 0.25) is 0 Å². The summed E-state index contributed by atoms with van der Waals surface area (Å²) in [7, 11) is 0. The lowest BCUT2D eigenvalue weighted by atomic mass is 9.89. The summed E-state index contributed by atoms with van der Waals surface area (Å²) in [5.41, 5.74) is 2.71. The Hall–Kier alpha value is -2.42. The van der Waals surface area contributed by atoms with Crippen LogP contribution in [0.4, 0.5) is 5.82 Å². The third-order valence-electron chi connectivity index (χ3n) is 7.12. The lowest BCUT2D eigenvalue weighted by molar-refractivity contribution is -0.922. The number of morpholine rings is 1. The molecular weight excluding hydrogens is 448 g/mol. The Labute approximate surface area is 204 Å².